The lowest BCUT2D eigenvalue weighted by Gasteiger charge is -2.15. The molecule has 0 aliphatic rings. The molecule has 1 rings (SSSR count). The van der Waals surface area contributed by atoms with Gasteiger partial charge in [-0.15, -0.1) is 0 Å². The van der Waals surface area contributed by atoms with Crippen molar-refractivity contribution in [3.8, 4) is 5.75 Å². The van der Waals surface area contributed by atoms with Crippen molar-refractivity contribution in [2.45, 2.75) is 20.8 Å². The summed E-state index contributed by atoms with van der Waals surface area (Å²) < 4.78 is 16.0. The average molecular weight is 438 g/mol. The Kier molecular flexibility index (Phi) is 10.7. The zero-order chi connectivity index (χ0) is 24.1. The molecule has 0 atom stereocenters. The Balaban J connectivity index is 3.32. The van der Waals surface area contributed by atoms with Crippen molar-refractivity contribution < 1.29 is 33.7 Å². The fraction of sp³-hybridized carbons (Fsp3) is 0.160. The van der Waals surface area contributed by atoms with Crippen LogP contribution in [0.2, 0.25) is 0 Å². The number of esters is 2. The summed E-state index contributed by atoms with van der Waals surface area (Å²) in [6.45, 7) is 8.58. The van der Waals surface area contributed by atoms with E-state index in [-0.39, 0.29) is 34.0 Å². The predicted octanol–water partition coefficient (Wildman–Crippen LogP) is 4.90. The van der Waals surface area contributed by atoms with E-state index in [4.69, 9.17) is 14.2 Å². The first-order valence-corrected chi connectivity index (χ1v) is 9.64. The molecule has 168 valence electrons. The van der Waals surface area contributed by atoms with E-state index in [0.29, 0.717) is 0 Å². The lowest BCUT2D eigenvalue weighted by Crippen LogP contribution is -2.19. The predicted molar refractivity (Wildman–Crippen MR) is 121 cm³/mol. The molecule has 0 heterocycles. The third-order valence-electron chi connectivity index (χ3n) is 3.99. The highest BCUT2D eigenvalue weighted by molar-refractivity contribution is 5.99. The monoisotopic (exact) mass is 438 g/mol. The van der Waals surface area contributed by atoms with Crippen molar-refractivity contribution in [2.75, 3.05) is 7.11 Å². The van der Waals surface area contributed by atoms with Crippen LogP contribution in [0.5, 0.6) is 5.75 Å². The van der Waals surface area contributed by atoms with Crippen LogP contribution in [-0.2, 0) is 19.1 Å². The van der Waals surface area contributed by atoms with Crippen LogP contribution in [0.4, 0.5) is 0 Å². The van der Waals surface area contributed by atoms with Crippen molar-refractivity contribution >= 4 is 17.9 Å². The van der Waals surface area contributed by atoms with Gasteiger partial charge in [-0.25, -0.2) is 14.4 Å². The molecule has 0 bridgehead atoms. The van der Waals surface area contributed by atoms with Gasteiger partial charge >= 0.3 is 17.9 Å². The number of carboxylic acids is 1. The summed E-state index contributed by atoms with van der Waals surface area (Å²) >= 11 is 0. The van der Waals surface area contributed by atoms with Crippen molar-refractivity contribution in [1.82, 2.24) is 0 Å². The first-order chi connectivity index (χ1) is 15.3. The highest BCUT2D eigenvalue weighted by Crippen LogP contribution is 2.23. The molecule has 0 aliphatic heterocycles. The lowest BCUT2D eigenvalue weighted by atomic mass is 10.1. The molecule has 1 aromatic rings. The van der Waals surface area contributed by atoms with E-state index in [9.17, 15) is 19.5 Å². The van der Waals surface area contributed by atoms with Crippen molar-refractivity contribution in [2.24, 2.45) is 0 Å². The molecule has 0 radical (unpaired) electrons. The second-order valence-corrected chi connectivity index (χ2v) is 6.01. The minimum Gasteiger partial charge on any atom is -0.496 e. The fourth-order valence-corrected chi connectivity index (χ4v) is 2.52. The van der Waals surface area contributed by atoms with Crippen LogP contribution in [0.1, 0.15) is 31.1 Å². The molecule has 0 amide bonds. The molecular formula is C25H26O7. The maximum atomic E-state index is 12.8. The van der Waals surface area contributed by atoms with E-state index in [1.54, 1.807) is 39.0 Å². The molecule has 7 nitrogen and oxygen atoms in total. The molecule has 0 fully saturated rings. The zero-order valence-corrected chi connectivity index (χ0v) is 18.5. The van der Waals surface area contributed by atoms with Gasteiger partial charge in [0.15, 0.2) is 0 Å². The summed E-state index contributed by atoms with van der Waals surface area (Å²) in [7, 11) is 1.41. The number of aromatic carboxylic acids is 1. The Hall–Kier alpha value is -4.13. The van der Waals surface area contributed by atoms with Crippen LogP contribution in [-0.4, -0.2) is 30.1 Å². The van der Waals surface area contributed by atoms with Crippen molar-refractivity contribution in [3.63, 3.8) is 0 Å². The third-order valence-corrected chi connectivity index (χ3v) is 3.99. The molecule has 1 N–H and O–H groups in total. The molecule has 7 heteroatoms. The number of carboxylic acid groups (broad SMARTS) is 1. The van der Waals surface area contributed by atoms with Crippen LogP contribution in [0.3, 0.4) is 0 Å². The summed E-state index contributed by atoms with van der Waals surface area (Å²) in [6, 6.07) is 5.72. The second kappa shape index (κ2) is 13.2. The highest BCUT2D eigenvalue weighted by Gasteiger charge is 2.24. The van der Waals surface area contributed by atoms with E-state index >= 15 is 0 Å². The number of carbonyl (C=O) groups is 3. The van der Waals surface area contributed by atoms with Crippen molar-refractivity contribution in [1.29, 1.82) is 0 Å². The van der Waals surface area contributed by atoms with Gasteiger partial charge in [-0.2, -0.15) is 0 Å². The maximum Gasteiger partial charge on any atom is 0.347 e. The molecule has 1 aromatic carbocycles. The van der Waals surface area contributed by atoms with Gasteiger partial charge < -0.3 is 19.3 Å². The SMILES string of the molecule is C=C/C=C(C(=O)OC(=C/C=C\C)/C(=C\C)C(=O)Oc1ccccc1C(=O)O)\C(=C/C)OC. The second-order valence-electron chi connectivity index (χ2n) is 6.01. The fourth-order valence-electron chi connectivity index (χ4n) is 2.52. The Bertz CT molecular complexity index is 1020. The highest BCUT2D eigenvalue weighted by atomic mass is 16.6. The molecular weight excluding hydrogens is 412 g/mol. The van der Waals surface area contributed by atoms with Gasteiger partial charge in [0.2, 0.25) is 0 Å². The van der Waals surface area contributed by atoms with E-state index in [1.165, 1.54) is 55.7 Å². The van der Waals surface area contributed by atoms with E-state index in [2.05, 4.69) is 6.58 Å². The van der Waals surface area contributed by atoms with Gasteiger partial charge in [0.25, 0.3) is 0 Å². The standard InChI is InChI=1S/C25H26O7/c1-6-10-15-21(31-25(29)19(13-7-2)20(9-4)30-5)17(8-3)24(28)32-22-16-12-11-14-18(22)23(26)27/h6-16H,2H2,1,3-5H3,(H,26,27)/b10-6-,17-8+,19-13+,20-9+,21-15+. The van der Waals surface area contributed by atoms with E-state index in [1.807, 2.05) is 0 Å². The van der Waals surface area contributed by atoms with Gasteiger partial charge in [0.05, 0.1) is 12.7 Å². The number of carbonyl (C=O) groups excluding carboxylic acids is 2. The number of rotatable bonds is 10. The third kappa shape index (κ3) is 6.98. The summed E-state index contributed by atoms with van der Waals surface area (Å²) in [5.74, 6) is -2.88. The zero-order valence-electron chi connectivity index (χ0n) is 18.5. The molecule has 32 heavy (non-hydrogen) atoms. The Morgan fingerprint density at radius 3 is 2.16 bits per heavy atom. The number of para-hydroxylation sites is 1. The van der Waals surface area contributed by atoms with Crippen LogP contribution in [0.15, 0.2) is 96.0 Å². The van der Waals surface area contributed by atoms with Gasteiger partial charge in [-0.05, 0) is 51.1 Å². The van der Waals surface area contributed by atoms with Gasteiger partial charge in [-0.1, -0.05) is 43.0 Å². The quantitative estimate of drug-likeness (QED) is 0.182. The van der Waals surface area contributed by atoms with E-state index < -0.39 is 17.9 Å². The summed E-state index contributed by atoms with van der Waals surface area (Å²) in [5.41, 5.74) is -0.160. The van der Waals surface area contributed by atoms with Crippen LogP contribution in [0, 0.1) is 0 Å². The number of methoxy groups -OCH3 is 1. The van der Waals surface area contributed by atoms with E-state index in [0.717, 1.165) is 0 Å². The number of hydrogen-bond donors (Lipinski definition) is 1. The molecule has 0 aromatic heterocycles. The van der Waals surface area contributed by atoms with Gasteiger partial charge in [0, 0.05) is 0 Å². The largest absolute Gasteiger partial charge is 0.496 e. The Labute approximate surface area is 187 Å². The molecule has 0 spiro atoms. The first kappa shape index (κ1) is 25.9. The molecule has 0 aliphatic carbocycles. The smallest absolute Gasteiger partial charge is 0.347 e. The van der Waals surface area contributed by atoms with Crippen LogP contribution < -0.4 is 4.74 Å². The Morgan fingerprint density at radius 1 is 0.938 bits per heavy atom. The average Bonchev–Trinajstić information content (AvgIpc) is 2.78. The summed E-state index contributed by atoms with van der Waals surface area (Å²) in [5, 5.41) is 9.30. The van der Waals surface area contributed by atoms with Crippen LogP contribution in [0.25, 0.3) is 0 Å². The number of allylic oxidation sites excluding steroid dienone is 7. The van der Waals surface area contributed by atoms with Gasteiger partial charge in [-0.3, -0.25) is 0 Å². The lowest BCUT2D eigenvalue weighted by molar-refractivity contribution is -0.135. The topological polar surface area (TPSA) is 99.1 Å². The number of benzene rings is 1. The first-order valence-electron chi connectivity index (χ1n) is 9.64. The molecule has 0 saturated carbocycles. The minimum atomic E-state index is -1.25. The maximum absolute atomic E-state index is 12.8. The normalized spacial score (nSPS) is 13.0. The Morgan fingerprint density at radius 2 is 1.62 bits per heavy atom. The van der Waals surface area contributed by atoms with Crippen LogP contribution >= 0.6 is 0 Å². The summed E-state index contributed by atoms with van der Waals surface area (Å²) in [4.78, 5) is 37.1. The number of hydrogen-bond acceptors (Lipinski definition) is 6. The minimum absolute atomic E-state index is 0.0750. The molecule has 0 unspecified atom stereocenters. The molecule has 0 saturated heterocycles. The number of ether oxygens (including phenoxy) is 3. The summed E-state index contributed by atoms with van der Waals surface area (Å²) in [6.07, 6.45) is 10.5. The van der Waals surface area contributed by atoms with Gasteiger partial charge in [0.1, 0.15) is 28.4 Å². The van der Waals surface area contributed by atoms with Crippen molar-refractivity contribution in [3.05, 3.63) is 102 Å².